The fraction of sp³-hybridized carbons (Fsp3) is 0.625. The third kappa shape index (κ3) is 22.4. The van der Waals surface area contributed by atoms with Crippen LogP contribution in [-0.4, -0.2) is 31.8 Å². The summed E-state index contributed by atoms with van der Waals surface area (Å²) in [6, 6.07) is 0. The molecule has 0 rings (SSSR count). The van der Waals surface area contributed by atoms with Gasteiger partial charge in [0.1, 0.15) is 5.75 Å². The molecule has 0 aliphatic rings. The second-order valence-electron chi connectivity index (χ2n) is 2.25. The zero-order valence-electron chi connectivity index (χ0n) is 7.97. The molecule has 0 spiro atoms. The topological polar surface area (TPSA) is 80.7 Å². The Balaban J connectivity index is 0. The van der Waals surface area contributed by atoms with E-state index in [-0.39, 0.29) is 0 Å². The molecule has 0 saturated heterocycles. The van der Waals surface area contributed by atoms with Crippen molar-refractivity contribution in [2.75, 3.05) is 12.4 Å². The highest BCUT2D eigenvalue weighted by molar-refractivity contribution is 7.86. The van der Waals surface area contributed by atoms with Gasteiger partial charge >= 0.3 is 0 Å². The van der Waals surface area contributed by atoms with Crippen LogP contribution in [0, 0.1) is 12.3 Å². The Labute approximate surface area is 84.2 Å². The SMILES string of the molecule is C#CCS(=O)(=O)O.CCCCOC=O. The van der Waals surface area contributed by atoms with E-state index in [0.29, 0.717) is 13.1 Å². The molecule has 0 aliphatic carbocycles. The van der Waals surface area contributed by atoms with Crippen LogP contribution in [0.15, 0.2) is 0 Å². The maximum absolute atomic E-state index is 9.64. The highest BCUT2D eigenvalue weighted by atomic mass is 32.2. The third-order valence-electron chi connectivity index (χ3n) is 0.950. The van der Waals surface area contributed by atoms with E-state index >= 15 is 0 Å². The van der Waals surface area contributed by atoms with Crippen LogP contribution in [0.2, 0.25) is 0 Å². The van der Waals surface area contributed by atoms with Gasteiger partial charge in [-0.15, -0.1) is 6.42 Å². The van der Waals surface area contributed by atoms with Crippen molar-refractivity contribution >= 4 is 16.6 Å². The van der Waals surface area contributed by atoms with Crippen molar-refractivity contribution in [2.24, 2.45) is 0 Å². The van der Waals surface area contributed by atoms with E-state index in [2.05, 4.69) is 11.2 Å². The Kier molecular flexibility index (Phi) is 11.0. The van der Waals surface area contributed by atoms with Crippen LogP contribution in [0.5, 0.6) is 0 Å². The van der Waals surface area contributed by atoms with Crippen molar-refractivity contribution in [1.29, 1.82) is 0 Å². The summed E-state index contributed by atoms with van der Waals surface area (Å²) in [6.07, 6.45) is 6.57. The number of carbonyl (C=O) groups excluding carboxylic acids is 1. The van der Waals surface area contributed by atoms with Gasteiger partial charge < -0.3 is 4.74 Å². The molecule has 0 saturated carbocycles. The summed E-state index contributed by atoms with van der Waals surface area (Å²) in [4.78, 5) is 9.46. The highest BCUT2D eigenvalue weighted by Gasteiger charge is 1.96. The van der Waals surface area contributed by atoms with Gasteiger partial charge in [-0.1, -0.05) is 19.3 Å². The van der Waals surface area contributed by atoms with E-state index in [9.17, 15) is 13.2 Å². The van der Waals surface area contributed by atoms with Crippen molar-refractivity contribution in [1.82, 2.24) is 0 Å². The summed E-state index contributed by atoms with van der Waals surface area (Å²) >= 11 is 0. The van der Waals surface area contributed by atoms with Gasteiger partial charge in [-0.25, -0.2) is 0 Å². The number of hydrogen-bond acceptors (Lipinski definition) is 4. The summed E-state index contributed by atoms with van der Waals surface area (Å²) in [5.74, 6) is 1.17. The van der Waals surface area contributed by atoms with Crippen molar-refractivity contribution in [3.05, 3.63) is 0 Å². The lowest BCUT2D eigenvalue weighted by atomic mass is 10.4. The van der Waals surface area contributed by atoms with Gasteiger partial charge in [0.2, 0.25) is 0 Å². The Hall–Kier alpha value is -1.06. The zero-order valence-corrected chi connectivity index (χ0v) is 8.79. The number of rotatable bonds is 5. The van der Waals surface area contributed by atoms with Crippen molar-refractivity contribution in [3.8, 4) is 12.3 Å². The number of unbranched alkanes of at least 4 members (excludes halogenated alkanes) is 1. The van der Waals surface area contributed by atoms with Gasteiger partial charge in [-0.2, -0.15) is 8.42 Å². The molecule has 0 aromatic heterocycles. The first-order chi connectivity index (χ1) is 6.47. The molecule has 0 amide bonds. The van der Waals surface area contributed by atoms with Crippen LogP contribution in [0.25, 0.3) is 0 Å². The standard InChI is InChI=1S/C5H10O2.C3H4O3S/c1-2-3-4-7-5-6;1-2-3-7(4,5)6/h5H,2-4H2,1H3;1H,3H2,(H,4,5,6). The summed E-state index contributed by atoms with van der Waals surface area (Å²) < 4.78 is 31.5. The molecular formula is C8H14O5S. The lowest BCUT2D eigenvalue weighted by Crippen LogP contribution is -1.99. The molecule has 6 heteroatoms. The third-order valence-corrected chi connectivity index (χ3v) is 1.48. The second kappa shape index (κ2) is 10.0. The van der Waals surface area contributed by atoms with Gasteiger partial charge in [-0.3, -0.25) is 9.35 Å². The zero-order chi connectivity index (χ0) is 11.4. The molecular weight excluding hydrogens is 208 g/mol. The van der Waals surface area contributed by atoms with Crippen LogP contribution >= 0.6 is 0 Å². The fourth-order valence-corrected chi connectivity index (χ4v) is 0.592. The van der Waals surface area contributed by atoms with Crippen LogP contribution in [-0.2, 0) is 19.6 Å². The molecule has 0 aliphatic heterocycles. The van der Waals surface area contributed by atoms with Gasteiger partial charge in [-0.05, 0) is 6.42 Å². The van der Waals surface area contributed by atoms with E-state index in [0.717, 1.165) is 12.8 Å². The highest BCUT2D eigenvalue weighted by Crippen LogP contribution is 1.83. The van der Waals surface area contributed by atoms with Gasteiger partial charge in [0.25, 0.3) is 16.6 Å². The fourth-order valence-electron chi connectivity index (χ4n) is 0.381. The van der Waals surface area contributed by atoms with Crippen molar-refractivity contribution in [3.63, 3.8) is 0 Å². The number of terminal acetylenes is 1. The molecule has 82 valence electrons. The molecule has 0 aromatic rings. The van der Waals surface area contributed by atoms with Crippen LogP contribution < -0.4 is 0 Å². The molecule has 14 heavy (non-hydrogen) atoms. The first-order valence-electron chi connectivity index (χ1n) is 3.91. The van der Waals surface area contributed by atoms with Crippen LogP contribution in [0.4, 0.5) is 0 Å². The maximum atomic E-state index is 9.64. The Morgan fingerprint density at radius 2 is 2.14 bits per heavy atom. The Morgan fingerprint density at radius 3 is 2.36 bits per heavy atom. The van der Waals surface area contributed by atoms with Gasteiger partial charge in [0.15, 0.2) is 0 Å². The van der Waals surface area contributed by atoms with Crippen molar-refractivity contribution in [2.45, 2.75) is 19.8 Å². The largest absolute Gasteiger partial charge is 0.468 e. The molecule has 0 fully saturated rings. The number of hydrogen-bond donors (Lipinski definition) is 1. The number of ether oxygens (including phenoxy) is 1. The molecule has 1 N–H and O–H groups in total. The minimum atomic E-state index is -3.91. The predicted octanol–water partition coefficient (Wildman–Crippen LogP) is 0.467. The molecule has 0 radical (unpaired) electrons. The molecule has 0 bridgehead atoms. The van der Waals surface area contributed by atoms with E-state index in [4.69, 9.17) is 4.55 Å². The summed E-state index contributed by atoms with van der Waals surface area (Å²) in [5, 5.41) is 0. The second-order valence-corrected chi connectivity index (χ2v) is 3.70. The molecule has 0 unspecified atom stereocenters. The van der Waals surface area contributed by atoms with Crippen LogP contribution in [0.3, 0.4) is 0 Å². The molecule has 0 atom stereocenters. The van der Waals surface area contributed by atoms with Crippen LogP contribution in [0.1, 0.15) is 19.8 Å². The summed E-state index contributed by atoms with van der Waals surface area (Å²) in [5.41, 5.74) is 0. The van der Waals surface area contributed by atoms with E-state index in [1.165, 1.54) is 0 Å². The average Bonchev–Trinajstić information content (AvgIpc) is 2.04. The molecule has 0 heterocycles. The lowest BCUT2D eigenvalue weighted by molar-refractivity contribution is -0.128. The lowest BCUT2D eigenvalue weighted by Gasteiger charge is -1.90. The summed E-state index contributed by atoms with van der Waals surface area (Å²) in [7, 11) is -3.91. The molecule has 0 aromatic carbocycles. The minimum absolute atomic E-state index is 0.482. The quantitative estimate of drug-likeness (QED) is 0.316. The first-order valence-corrected chi connectivity index (χ1v) is 5.52. The van der Waals surface area contributed by atoms with E-state index in [1.807, 2.05) is 6.92 Å². The first kappa shape index (κ1) is 15.4. The number of carbonyl (C=O) groups is 1. The predicted molar refractivity (Wildman–Crippen MR) is 52.2 cm³/mol. The Morgan fingerprint density at radius 1 is 1.57 bits per heavy atom. The van der Waals surface area contributed by atoms with Gasteiger partial charge in [0.05, 0.1) is 6.61 Å². The summed E-state index contributed by atoms with van der Waals surface area (Å²) in [6.45, 7) is 3.10. The molecule has 5 nitrogen and oxygen atoms in total. The van der Waals surface area contributed by atoms with E-state index < -0.39 is 15.9 Å². The van der Waals surface area contributed by atoms with Crippen molar-refractivity contribution < 1.29 is 22.5 Å². The smallest absolute Gasteiger partial charge is 0.293 e. The average molecular weight is 222 g/mol. The van der Waals surface area contributed by atoms with Gasteiger partial charge in [0, 0.05) is 0 Å². The van der Waals surface area contributed by atoms with E-state index in [1.54, 1.807) is 5.92 Å². The monoisotopic (exact) mass is 222 g/mol. The normalized spacial score (nSPS) is 9.21. The minimum Gasteiger partial charge on any atom is -0.468 e. The Bertz CT molecular complexity index is 262. The maximum Gasteiger partial charge on any atom is 0.293 e.